The van der Waals surface area contributed by atoms with Crippen molar-refractivity contribution in [2.24, 2.45) is 16.5 Å². The fourth-order valence-corrected chi connectivity index (χ4v) is 2.31. The maximum Gasteiger partial charge on any atom is 0.106 e. The highest BCUT2D eigenvalue weighted by Crippen LogP contribution is 2.36. The third kappa shape index (κ3) is 2.50. The molecule has 0 N–H and O–H groups in total. The van der Waals surface area contributed by atoms with Gasteiger partial charge in [0, 0.05) is 0 Å². The number of hydrogen-bond donors (Lipinski definition) is 0. The van der Waals surface area contributed by atoms with E-state index in [4.69, 9.17) is 4.84 Å². The molecule has 0 aliphatic heterocycles. The van der Waals surface area contributed by atoms with Gasteiger partial charge < -0.3 is 4.84 Å². The molecule has 12 heavy (non-hydrogen) atoms. The van der Waals surface area contributed by atoms with Crippen molar-refractivity contribution in [1.82, 2.24) is 0 Å². The molecule has 1 unspecified atom stereocenters. The van der Waals surface area contributed by atoms with Crippen LogP contribution in [0.2, 0.25) is 0 Å². The van der Waals surface area contributed by atoms with E-state index in [-0.39, 0.29) is 0 Å². The van der Waals surface area contributed by atoms with Gasteiger partial charge in [0.05, 0.1) is 5.71 Å². The first-order chi connectivity index (χ1) is 5.53. The van der Waals surface area contributed by atoms with Crippen molar-refractivity contribution in [2.75, 3.05) is 7.11 Å². The second kappa shape index (κ2) is 3.46. The second-order valence-corrected chi connectivity index (χ2v) is 4.69. The molecule has 0 aromatic heterocycles. The van der Waals surface area contributed by atoms with E-state index in [1.54, 1.807) is 7.11 Å². The minimum Gasteiger partial charge on any atom is -0.399 e. The summed E-state index contributed by atoms with van der Waals surface area (Å²) in [5.41, 5.74) is 1.64. The molecule has 0 amide bonds. The molecule has 1 fully saturated rings. The molecule has 1 rings (SSSR count). The minimum absolute atomic E-state index is 0.412. The molecule has 2 heteroatoms. The zero-order valence-corrected chi connectivity index (χ0v) is 8.55. The Morgan fingerprint density at radius 2 is 2.17 bits per heavy atom. The standard InChI is InChI=1S/C10H19NO/c1-8-5-9(11-12-4)7-10(2,3)6-8/h8H,5-7H2,1-4H3/b11-9-. The van der Waals surface area contributed by atoms with E-state index in [1.807, 2.05) is 0 Å². The summed E-state index contributed by atoms with van der Waals surface area (Å²) in [6.45, 7) is 6.88. The van der Waals surface area contributed by atoms with Crippen molar-refractivity contribution >= 4 is 5.71 Å². The topological polar surface area (TPSA) is 21.6 Å². The van der Waals surface area contributed by atoms with E-state index in [0.29, 0.717) is 5.41 Å². The fraction of sp³-hybridized carbons (Fsp3) is 0.900. The summed E-state index contributed by atoms with van der Waals surface area (Å²) in [4.78, 5) is 4.81. The highest BCUT2D eigenvalue weighted by molar-refractivity contribution is 5.85. The molecule has 70 valence electrons. The van der Waals surface area contributed by atoms with Gasteiger partial charge in [0.2, 0.25) is 0 Å². The van der Waals surface area contributed by atoms with Gasteiger partial charge in [0.1, 0.15) is 7.11 Å². The number of nitrogens with zero attached hydrogens (tertiary/aromatic N) is 1. The van der Waals surface area contributed by atoms with Gasteiger partial charge in [-0.05, 0) is 30.6 Å². The lowest BCUT2D eigenvalue weighted by molar-refractivity contribution is 0.199. The van der Waals surface area contributed by atoms with Gasteiger partial charge >= 0.3 is 0 Å². The molecule has 0 heterocycles. The first kappa shape index (κ1) is 9.56. The molecule has 0 saturated heterocycles. The van der Waals surface area contributed by atoms with Gasteiger partial charge in [-0.15, -0.1) is 0 Å². The Balaban J connectivity index is 2.64. The smallest absolute Gasteiger partial charge is 0.106 e. The highest BCUT2D eigenvalue weighted by atomic mass is 16.6. The van der Waals surface area contributed by atoms with Crippen LogP contribution in [0, 0.1) is 11.3 Å². The molecule has 0 bridgehead atoms. The molecule has 1 aliphatic carbocycles. The first-order valence-corrected chi connectivity index (χ1v) is 4.62. The van der Waals surface area contributed by atoms with E-state index >= 15 is 0 Å². The van der Waals surface area contributed by atoms with Gasteiger partial charge in [-0.25, -0.2) is 0 Å². The maximum atomic E-state index is 4.81. The third-order valence-electron chi connectivity index (χ3n) is 2.39. The van der Waals surface area contributed by atoms with Crippen molar-refractivity contribution < 1.29 is 4.84 Å². The third-order valence-corrected chi connectivity index (χ3v) is 2.39. The summed E-state index contributed by atoms with van der Waals surface area (Å²) in [7, 11) is 1.62. The van der Waals surface area contributed by atoms with E-state index in [2.05, 4.69) is 25.9 Å². The highest BCUT2D eigenvalue weighted by Gasteiger charge is 2.29. The van der Waals surface area contributed by atoms with Crippen LogP contribution in [0.25, 0.3) is 0 Å². The molecular formula is C10H19NO. The number of oxime groups is 1. The zero-order valence-electron chi connectivity index (χ0n) is 8.55. The van der Waals surface area contributed by atoms with E-state index in [9.17, 15) is 0 Å². The molecular weight excluding hydrogens is 150 g/mol. The average Bonchev–Trinajstić information content (AvgIpc) is 1.82. The van der Waals surface area contributed by atoms with E-state index < -0.39 is 0 Å². The van der Waals surface area contributed by atoms with Crippen LogP contribution in [-0.4, -0.2) is 12.8 Å². The van der Waals surface area contributed by atoms with Crippen molar-refractivity contribution in [2.45, 2.75) is 40.0 Å². The quantitative estimate of drug-likeness (QED) is 0.553. The first-order valence-electron chi connectivity index (χ1n) is 4.62. The van der Waals surface area contributed by atoms with Crippen molar-refractivity contribution in [1.29, 1.82) is 0 Å². The molecule has 2 nitrogen and oxygen atoms in total. The Morgan fingerprint density at radius 3 is 2.67 bits per heavy atom. The van der Waals surface area contributed by atoms with E-state index in [1.165, 1.54) is 12.1 Å². The number of hydrogen-bond acceptors (Lipinski definition) is 2. The van der Waals surface area contributed by atoms with Gasteiger partial charge in [0.15, 0.2) is 0 Å². The van der Waals surface area contributed by atoms with Crippen LogP contribution in [-0.2, 0) is 4.84 Å². The van der Waals surface area contributed by atoms with Crippen molar-refractivity contribution in [3.05, 3.63) is 0 Å². The Morgan fingerprint density at radius 1 is 1.50 bits per heavy atom. The van der Waals surface area contributed by atoms with Crippen LogP contribution in [0.5, 0.6) is 0 Å². The van der Waals surface area contributed by atoms with Gasteiger partial charge in [-0.3, -0.25) is 0 Å². The van der Waals surface area contributed by atoms with Gasteiger partial charge in [0.25, 0.3) is 0 Å². The zero-order chi connectivity index (χ0) is 9.19. The largest absolute Gasteiger partial charge is 0.399 e. The molecule has 1 atom stereocenters. The fourth-order valence-electron chi connectivity index (χ4n) is 2.31. The van der Waals surface area contributed by atoms with Crippen molar-refractivity contribution in [3.8, 4) is 0 Å². The SMILES string of the molecule is CO/N=C1/CC(C)CC(C)(C)C1. The van der Waals surface area contributed by atoms with E-state index in [0.717, 1.165) is 18.8 Å². The molecule has 0 spiro atoms. The van der Waals surface area contributed by atoms with Crippen LogP contribution in [0.4, 0.5) is 0 Å². The Kier molecular flexibility index (Phi) is 2.76. The maximum absolute atomic E-state index is 4.81. The molecule has 0 aromatic carbocycles. The summed E-state index contributed by atoms with van der Waals surface area (Å²) < 4.78 is 0. The number of rotatable bonds is 1. The molecule has 0 aromatic rings. The van der Waals surface area contributed by atoms with Gasteiger partial charge in [-0.1, -0.05) is 25.9 Å². The summed E-state index contributed by atoms with van der Waals surface area (Å²) in [5, 5.41) is 4.05. The lowest BCUT2D eigenvalue weighted by atomic mass is 9.72. The Bertz CT molecular complexity index is 184. The monoisotopic (exact) mass is 169 g/mol. The van der Waals surface area contributed by atoms with Crippen LogP contribution in [0.3, 0.4) is 0 Å². The predicted octanol–water partition coefficient (Wildman–Crippen LogP) is 2.84. The average molecular weight is 169 g/mol. The summed E-state index contributed by atoms with van der Waals surface area (Å²) in [6.07, 6.45) is 3.50. The predicted molar refractivity (Wildman–Crippen MR) is 51.2 cm³/mol. The minimum atomic E-state index is 0.412. The Hall–Kier alpha value is -0.530. The summed E-state index contributed by atoms with van der Waals surface area (Å²) in [6, 6.07) is 0. The molecule has 1 aliphatic rings. The Labute approximate surface area is 75.0 Å². The van der Waals surface area contributed by atoms with Crippen LogP contribution >= 0.6 is 0 Å². The van der Waals surface area contributed by atoms with Crippen LogP contribution in [0.15, 0.2) is 5.16 Å². The lowest BCUT2D eigenvalue weighted by Gasteiger charge is -2.33. The summed E-state index contributed by atoms with van der Waals surface area (Å²) >= 11 is 0. The molecule has 1 saturated carbocycles. The van der Waals surface area contributed by atoms with Crippen LogP contribution < -0.4 is 0 Å². The van der Waals surface area contributed by atoms with Crippen molar-refractivity contribution in [3.63, 3.8) is 0 Å². The molecule has 0 radical (unpaired) electrons. The second-order valence-electron chi connectivity index (χ2n) is 4.69. The summed E-state index contributed by atoms with van der Waals surface area (Å²) in [5.74, 6) is 0.752. The lowest BCUT2D eigenvalue weighted by Crippen LogP contribution is -2.27. The normalized spacial score (nSPS) is 32.0. The van der Waals surface area contributed by atoms with Crippen LogP contribution in [0.1, 0.15) is 40.0 Å². The van der Waals surface area contributed by atoms with Gasteiger partial charge in [-0.2, -0.15) is 0 Å².